The third kappa shape index (κ3) is 4.61. The lowest BCUT2D eigenvalue weighted by atomic mass is 10.1. The summed E-state index contributed by atoms with van der Waals surface area (Å²) in [5, 5.41) is 3.09. The molecule has 0 unspecified atom stereocenters. The predicted molar refractivity (Wildman–Crippen MR) is 109 cm³/mol. The van der Waals surface area contributed by atoms with Crippen LogP contribution in [0.5, 0.6) is 5.75 Å². The van der Waals surface area contributed by atoms with Crippen molar-refractivity contribution in [3.05, 3.63) is 71.5 Å². The molecule has 3 rings (SSSR count). The molecule has 2 amide bonds. The van der Waals surface area contributed by atoms with Gasteiger partial charge in [0.1, 0.15) is 5.75 Å². The zero-order chi connectivity index (χ0) is 20.1. The molecule has 7 heteroatoms. The number of aryl methyl sites for hydroxylation is 2. The van der Waals surface area contributed by atoms with Crippen LogP contribution in [0.1, 0.15) is 21.5 Å². The van der Waals surface area contributed by atoms with E-state index in [0.717, 1.165) is 16.8 Å². The van der Waals surface area contributed by atoms with Gasteiger partial charge in [0.25, 0.3) is 5.91 Å². The number of rotatable bonds is 6. The summed E-state index contributed by atoms with van der Waals surface area (Å²) in [6, 6.07) is 12.8. The molecule has 0 saturated heterocycles. The van der Waals surface area contributed by atoms with Crippen LogP contribution in [-0.2, 0) is 4.79 Å². The topological polar surface area (TPSA) is 73.2 Å². The van der Waals surface area contributed by atoms with Gasteiger partial charge in [0.05, 0.1) is 18.6 Å². The summed E-state index contributed by atoms with van der Waals surface area (Å²) in [4.78, 5) is 28.7. The first-order chi connectivity index (χ1) is 13.5. The number of carbonyl (C=O) groups is 2. The minimum absolute atomic E-state index is 0.0871. The van der Waals surface area contributed by atoms with Crippen LogP contribution in [0.2, 0.25) is 0 Å². The third-order valence-electron chi connectivity index (χ3n) is 4.17. The quantitative estimate of drug-likeness (QED) is 0.646. The number of hydrogen-bond acceptors (Lipinski definition) is 5. The maximum atomic E-state index is 12.2. The first-order valence-corrected chi connectivity index (χ1v) is 9.68. The van der Waals surface area contributed by atoms with Gasteiger partial charge in [-0.2, -0.15) is 0 Å². The standard InChI is InChI=1S/C21H21N3O3S/c1-14-4-5-15(2)18(12-14)24-11-10-22-21(24)28-13-19(25)23-20(26)16-6-8-17(27-3)9-7-16/h4-12H,13H2,1-3H3,(H,23,25,26). The Morgan fingerprint density at radius 3 is 2.61 bits per heavy atom. The Morgan fingerprint density at radius 1 is 1.14 bits per heavy atom. The molecule has 0 radical (unpaired) electrons. The van der Waals surface area contributed by atoms with E-state index in [1.54, 1.807) is 37.6 Å². The van der Waals surface area contributed by atoms with Crippen LogP contribution < -0.4 is 10.1 Å². The molecule has 6 nitrogen and oxygen atoms in total. The molecule has 1 heterocycles. The van der Waals surface area contributed by atoms with Crippen molar-refractivity contribution in [3.8, 4) is 11.4 Å². The van der Waals surface area contributed by atoms with Crippen molar-refractivity contribution < 1.29 is 14.3 Å². The van der Waals surface area contributed by atoms with Crippen LogP contribution >= 0.6 is 11.8 Å². The van der Waals surface area contributed by atoms with Gasteiger partial charge in [-0.25, -0.2) is 4.98 Å². The van der Waals surface area contributed by atoms with E-state index in [0.29, 0.717) is 16.5 Å². The Balaban J connectivity index is 1.63. The van der Waals surface area contributed by atoms with Crippen molar-refractivity contribution in [1.82, 2.24) is 14.9 Å². The summed E-state index contributed by atoms with van der Waals surface area (Å²) in [5.41, 5.74) is 3.68. The van der Waals surface area contributed by atoms with Crippen molar-refractivity contribution in [2.24, 2.45) is 0 Å². The smallest absolute Gasteiger partial charge is 0.257 e. The van der Waals surface area contributed by atoms with E-state index in [-0.39, 0.29) is 11.7 Å². The molecule has 3 aromatic rings. The summed E-state index contributed by atoms with van der Waals surface area (Å²) >= 11 is 1.28. The highest BCUT2D eigenvalue weighted by molar-refractivity contribution is 7.99. The van der Waals surface area contributed by atoms with E-state index in [2.05, 4.69) is 28.5 Å². The van der Waals surface area contributed by atoms with E-state index < -0.39 is 5.91 Å². The summed E-state index contributed by atoms with van der Waals surface area (Å²) < 4.78 is 7.01. The number of imide groups is 1. The molecule has 0 spiro atoms. The average molecular weight is 395 g/mol. The molecular formula is C21H21N3O3S. The maximum Gasteiger partial charge on any atom is 0.257 e. The molecule has 1 aromatic heterocycles. The van der Waals surface area contributed by atoms with Gasteiger partial charge in [-0.3, -0.25) is 19.5 Å². The van der Waals surface area contributed by atoms with Gasteiger partial charge < -0.3 is 4.74 Å². The van der Waals surface area contributed by atoms with E-state index in [9.17, 15) is 9.59 Å². The molecule has 2 aromatic carbocycles. The Hall–Kier alpha value is -3.06. The third-order valence-corrected chi connectivity index (χ3v) is 5.14. The molecule has 0 aliphatic heterocycles. The van der Waals surface area contributed by atoms with E-state index in [4.69, 9.17) is 4.74 Å². The lowest BCUT2D eigenvalue weighted by molar-refractivity contribution is -0.117. The number of imidazole rings is 1. The Labute approximate surface area is 167 Å². The first-order valence-electron chi connectivity index (χ1n) is 8.70. The largest absolute Gasteiger partial charge is 0.497 e. The number of amides is 2. The lowest BCUT2D eigenvalue weighted by Crippen LogP contribution is -2.31. The van der Waals surface area contributed by atoms with Crippen LogP contribution in [0, 0.1) is 13.8 Å². The van der Waals surface area contributed by atoms with Gasteiger partial charge in [-0.1, -0.05) is 23.9 Å². The van der Waals surface area contributed by atoms with Crippen molar-refractivity contribution in [1.29, 1.82) is 0 Å². The van der Waals surface area contributed by atoms with E-state index in [1.165, 1.54) is 11.8 Å². The number of carbonyl (C=O) groups excluding carboxylic acids is 2. The number of aromatic nitrogens is 2. The number of methoxy groups -OCH3 is 1. The maximum absolute atomic E-state index is 12.2. The fraction of sp³-hybridized carbons (Fsp3) is 0.190. The van der Waals surface area contributed by atoms with Crippen molar-refractivity contribution in [2.45, 2.75) is 19.0 Å². The molecule has 28 heavy (non-hydrogen) atoms. The summed E-state index contributed by atoms with van der Waals surface area (Å²) in [7, 11) is 1.55. The van der Waals surface area contributed by atoms with Gasteiger partial charge in [0.2, 0.25) is 5.91 Å². The molecular weight excluding hydrogens is 374 g/mol. The SMILES string of the molecule is COc1ccc(C(=O)NC(=O)CSc2nccn2-c2cc(C)ccc2C)cc1. The van der Waals surface area contributed by atoms with Gasteiger partial charge in [-0.15, -0.1) is 0 Å². The van der Waals surface area contributed by atoms with Crippen LogP contribution in [0.15, 0.2) is 60.0 Å². The fourth-order valence-electron chi connectivity index (χ4n) is 2.67. The van der Waals surface area contributed by atoms with Gasteiger partial charge in [0, 0.05) is 18.0 Å². The van der Waals surface area contributed by atoms with Crippen LogP contribution in [0.25, 0.3) is 5.69 Å². The molecule has 0 aliphatic carbocycles. The lowest BCUT2D eigenvalue weighted by Gasteiger charge is -2.11. The number of ether oxygens (including phenoxy) is 1. The monoisotopic (exact) mass is 395 g/mol. The normalized spacial score (nSPS) is 10.5. The Kier molecular flexibility index (Phi) is 6.16. The fourth-order valence-corrected chi connectivity index (χ4v) is 3.43. The molecule has 0 atom stereocenters. The van der Waals surface area contributed by atoms with Crippen LogP contribution in [0.4, 0.5) is 0 Å². The van der Waals surface area contributed by atoms with Crippen molar-refractivity contribution in [2.75, 3.05) is 12.9 Å². The van der Waals surface area contributed by atoms with E-state index >= 15 is 0 Å². The van der Waals surface area contributed by atoms with Gasteiger partial charge in [0.15, 0.2) is 5.16 Å². The molecule has 144 valence electrons. The molecule has 0 saturated carbocycles. The summed E-state index contributed by atoms with van der Waals surface area (Å²) in [6.45, 7) is 4.06. The number of benzene rings is 2. The highest BCUT2D eigenvalue weighted by Crippen LogP contribution is 2.23. The van der Waals surface area contributed by atoms with Crippen molar-refractivity contribution in [3.63, 3.8) is 0 Å². The highest BCUT2D eigenvalue weighted by Gasteiger charge is 2.14. The van der Waals surface area contributed by atoms with Gasteiger partial charge >= 0.3 is 0 Å². The second-order valence-electron chi connectivity index (χ2n) is 6.26. The molecule has 0 fully saturated rings. The summed E-state index contributed by atoms with van der Waals surface area (Å²) in [5.74, 6) is -0.0757. The zero-order valence-electron chi connectivity index (χ0n) is 15.9. The minimum Gasteiger partial charge on any atom is -0.497 e. The predicted octanol–water partition coefficient (Wildman–Crippen LogP) is 3.55. The molecule has 0 aliphatic rings. The average Bonchev–Trinajstić information content (AvgIpc) is 3.16. The Morgan fingerprint density at radius 2 is 1.89 bits per heavy atom. The second kappa shape index (κ2) is 8.75. The second-order valence-corrected chi connectivity index (χ2v) is 7.21. The first kappa shape index (κ1) is 19.7. The van der Waals surface area contributed by atoms with Crippen molar-refractivity contribution >= 4 is 23.6 Å². The van der Waals surface area contributed by atoms with Gasteiger partial charge in [-0.05, 0) is 55.3 Å². The summed E-state index contributed by atoms with van der Waals surface area (Å²) in [6.07, 6.45) is 3.56. The number of nitrogens with one attached hydrogen (secondary N) is 1. The van der Waals surface area contributed by atoms with Crippen LogP contribution in [0.3, 0.4) is 0 Å². The highest BCUT2D eigenvalue weighted by atomic mass is 32.2. The van der Waals surface area contributed by atoms with E-state index in [1.807, 2.05) is 24.6 Å². The zero-order valence-corrected chi connectivity index (χ0v) is 16.7. The molecule has 0 bridgehead atoms. The molecule has 1 N–H and O–H groups in total. The number of nitrogens with zero attached hydrogens (tertiary/aromatic N) is 2. The minimum atomic E-state index is -0.439. The number of hydrogen-bond donors (Lipinski definition) is 1. The Bertz CT molecular complexity index is 996. The van der Waals surface area contributed by atoms with Crippen LogP contribution in [-0.4, -0.2) is 34.2 Å². The number of thioether (sulfide) groups is 1.